The first-order valence-electron chi connectivity index (χ1n) is 13.4. The molecule has 1 aliphatic rings. The predicted octanol–water partition coefficient (Wildman–Crippen LogP) is 5.84. The minimum Gasteiger partial charge on any atom is -0.466 e. The van der Waals surface area contributed by atoms with Gasteiger partial charge >= 0.3 is 5.97 Å². The molecule has 9 nitrogen and oxygen atoms in total. The summed E-state index contributed by atoms with van der Waals surface area (Å²) in [6.07, 6.45) is 2.58. The van der Waals surface area contributed by atoms with Crippen LogP contribution >= 0.6 is 11.6 Å². The molecule has 210 valence electrons. The van der Waals surface area contributed by atoms with Gasteiger partial charge in [0.1, 0.15) is 5.75 Å². The van der Waals surface area contributed by atoms with E-state index in [0.29, 0.717) is 60.2 Å². The van der Waals surface area contributed by atoms with Gasteiger partial charge in [0.05, 0.1) is 24.4 Å². The molecule has 0 atom stereocenters. The maximum absolute atomic E-state index is 13.7. The number of nitrogens with one attached hydrogen (secondary N) is 1. The third-order valence-electron chi connectivity index (χ3n) is 6.75. The fraction of sp³-hybridized carbons (Fsp3) is 0.226. The molecule has 1 aromatic heterocycles. The minimum absolute atomic E-state index is 0.142. The number of benzene rings is 3. The first-order valence-corrected chi connectivity index (χ1v) is 13.7. The average Bonchev–Trinajstić information content (AvgIpc) is 2.99. The van der Waals surface area contributed by atoms with Gasteiger partial charge in [0.2, 0.25) is 0 Å². The van der Waals surface area contributed by atoms with Gasteiger partial charge in [-0.05, 0) is 68.3 Å². The molecule has 0 unspecified atom stereocenters. The van der Waals surface area contributed by atoms with Gasteiger partial charge in [0.25, 0.3) is 11.5 Å². The van der Waals surface area contributed by atoms with Gasteiger partial charge in [-0.3, -0.25) is 14.4 Å². The number of piperidine rings is 1. The third-order valence-corrected chi connectivity index (χ3v) is 6.98. The van der Waals surface area contributed by atoms with Crippen LogP contribution in [0.4, 0.5) is 11.4 Å². The van der Waals surface area contributed by atoms with Crippen LogP contribution in [0, 0.1) is 5.92 Å². The summed E-state index contributed by atoms with van der Waals surface area (Å²) < 4.78 is 12.4. The molecule has 3 aromatic carbocycles. The zero-order valence-electron chi connectivity index (χ0n) is 22.5. The van der Waals surface area contributed by atoms with Gasteiger partial charge in [0, 0.05) is 29.4 Å². The molecule has 1 saturated heterocycles. The van der Waals surface area contributed by atoms with Crippen molar-refractivity contribution >= 4 is 34.9 Å². The molecule has 1 amide bonds. The van der Waals surface area contributed by atoms with Crippen molar-refractivity contribution in [3.8, 4) is 17.2 Å². The van der Waals surface area contributed by atoms with E-state index in [0.717, 1.165) is 0 Å². The number of hydrogen-bond donors (Lipinski definition) is 1. The first-order chi connectivity index (χ1) is 19.9. The van der Waals surface area contributed by atoms with Crippen molar-refractivity contribution in [1.82, 2.24) is 14.7 Å². The fourth-order valence-electron chi connectivity index (χ4n) is 4.68. The SMILES string of the molecule is CCOC(=O)C1CCN(C(=O)c2cccc(Nc3c(Oc4cccc(Cl)c4)cnn(-c4ccccc4)c3=O)c2)CC1. The fourth-order valence-corrected chi connectivity index (χ4v) is 4.86. The standard InChI is InChI=1S/C31H29ClN4O5/c1-2-40-31(39)21-14-16-35(17-15-21)29(37)22-8-6-10-24(18-22)34-28-27(41-26-13-7-9-23(32)19-26)20-33-36(30(28)38)25-11-4-3-5-12-25/h3-13,18-21,34H,2,14-17H2,1H3. The molecule has 2 heterocycles. The molecule has 0 saturated carbocycles. The summed E-state index contributed by atoms with van der Waals surface area (Å²) in [7, 11) is 0. The predicted molar refractivity (Wildman–Crippen MR) is 156 cm³/mol. The molecule has 0 bridgehead atoms. The van der Waals surface area contributed by atoms with Crippen LogP contribution < -0.4 is 15.6 Å². The molecule has 1 fully saturated rings. The molecule has 10 heteroatoms. The second-order valence-electron chi connectivity index (χ2n) is 9.52. The quantitative estimate of drug-likeness (QED) is 0.265. The maximum atomic E-state index is 13.7. The molecule has 1 aliphatic heterocycles. The van der Waals surface area contributed by atoms with Crippen molar-refractivity contribution in [1.29, 1.82) is 0 Å². The second kappa shape index (κ2) is 12.7. The van der Waals surface area contributed by atoms with Gasteiger partial charge in [-0.2, -0.15) is 9.78 Å². The van der Waals surface area contributed by atoms with E-state index in [1.54, 1.807) is 72.5 Å². The lowest BCUT2D eigenvalue weighted by molar-refractivity contribution is -0.149. The molecule has 1 N–H and O–H groups in total. The Balaban J connectivity index is 1.41. The van der Waals surface area contributed by atoms with Crippen molar-refractivity contribution in [3.63, 3.8) is 0 Å². The van der Waals surface area contributed by atoms with Crippen LogP contribution in [0.3, 0.4) is 0 Å². The van der Waals surface area contributed by atoms with Crippen molar-refractivity contribution in [2.75, 3.05) is 25.0 Å². The Morgan fingerprint density at radius 2 is 1.76 bits per heavy atom. The molecular formula is C31H29ClN4O5. The zero-order valence-corrected chi connectivity index (χ0v) is 23.2. The first kappa shape index (κ1) is 27.9. The number of carbonyl (C=O) groups is 2. The molecule has 5 rings (SSSR count). The largest absolute Gasteiger partial charge is 0.466 e. The number of anilines is 2. The van der Waals surface area contributed by atoms with Crippen LogP contribution in [0.25, 0.3) is 5.69 Å². The normalized spacial score (nSPS) is 13.5. The van der Waals surface area contributed by atoms with Gasteiger partial charge in [0.15, 0.2) is 11.4 Å². The Morgan fingerprint density at radius 3 is 2.49 bits per heavy atom. The van der Waals surface area contributed by atoms with E-state index in [9.17, 15) is 14.4 Å². The van der Waals surface area contributed by atoms with Gasteiger partial charge in [-0.25, -0.2) is 0 Å². The molecule has 41 heavy (non-hydrogen) atoms. The number of nitrogens with zero attached hydrogens (tertiary/aromatic N) is 3. The number of carbonyl (C=O) groups excluding carboxylic acids is 2. The smallest absolute Gasteiger partial charge is 0.309 e. The Morgan fingerprint density at radius 1 is 1.00 bits per heavy atom. The van der Waals surface area contributed by atoms with Crippen molar-refractivity contribution in [3.05, 3.63) is 106 Å². The van der Waals surface area contributed by atoms with Crippen LogP contribution in [0.15, 0.2) is 89.9 Å². The maximum Gasteiger partial charge on any atom is 0.309 e. The summed E-state index contributed by atoms with van der Waals surface area (Å²) in [6, 6.07) is 22.8. The third kappa shape index (κ3) is 6.58. The van der Waals surface area contributed by atoms with E-state index < -0.39 is 5.56 Å². The number of rotatable bonds is 8. The van der Waals surface area contributed by atoms with E-state index in [2.05, 4.69) is 10.4 Å². The number of para-hydroxylation sites is 1. The monoisotopic (exact) mass is 572 g/mol. The van der Waals surface area contributed by atoms with E-state index in [-0.39, 0.29) is 29.2 Å². The Hall–Kier alpha value is -4.63. The minimum atomic E-state index is -0.437. The van der Waals surface area contributed by atoms with Crippen molar-refractivity contribution < 1.29 is 19.1 Å². The highest BCUT2D eigenvalue weighted by atomic mass is 35.5. The van der Waals surface area contributed by atoms with Gasteiger partial charge in [-0.1, -0.05) is 41.9 Å². The van der Waals surface area contributed by atoms with Crippen molar-refractivity contribution in [2.24, 2.45) is 5.92 Å². The van der Waals surface area contributed by atoms with E-state index in [1.165, 1.54) is 10.9 Å². The number of aromatic nitrogens is 2. The van der Waals surface area contributed by atoms with Crippen LogP contribution in [-0.2, 0) is 9.53 Å². The molecule has 0 radical (unpaired) electrons. The topological polar surface area (TPSA) is 103 Å². The lowest BCUT2D eigenvalue weighted by atomic mass is 9.96. The van der Waals surface area contributed by atoms with Crippen LogP contribution in [-0.4, -0.2) is 46.3 Å². The zero-order chi connectivity index (χ0) is 28.8. The summed E-state index contributed by atoms with van der Waals surface area (Å²) in [6.45, 7) is 3.05. The number of esters is 1. The number of likely N-dealkylation sites (tertiary alicyclic amines) is 1. The summed E-state index contributed by atoms with van der Waals surface area (Å²) in [4.78, 5) is 40.8. The van der Waals surface area contributed by atoms with Crippen LogP contribution in [0.5, 0.6) is 11.5 Å². The number of hydrogen-bond acceptors (Lipinski definition) is 7. The summed E-state index contributed by atoms with van der Waals surface area (Å²) in [5.41, 5.74) is 1.28. The lowest BCUT2D eigenvalue weighted by Gasteiger charge is -2.31. The summed E-state index contributed by atoms with van der Waals surface area (Å²) in [5, 5.41) is 7.96. The highest BCUT2D eigenvalue weighted by Crippen LogP contribution is 2.30. The second-order valence-corrected chi connectivity index (χ2v) is 9.96. The average molecular weight is 573 g/mol. The number of halogens is 1. The lowest BCUT2D eigenvalue weighted by Crippen LogP contribution is -2.40. The highest BCUT2D eigenvalue weighted by Gasteiger charge is 2.28. The highest BCUT2D eigenvalue weighted by molar-refractivity contribution is 6.30. The van der Waals surface area contributed by atoms with Gasteiger partial charge < -0.3 is 19.7 Å². The number of amides is 1. The summed E-state index contributed by atoms with van der Waals surface area (Å²) in [5.74, 6) is 0.0860. The van der Waals surface area contributed by atoms with Crippen LogP contribution in [0.2, 0.25) is 5.02 Å². The van der Waals surface area contributed by atoms with Crippen LogP contribution in [0.1, 0.15) is 30.1 Å². The van der Waals surface area contributed by atoms with E-state index >= 15 is 0 Å². The Labute approximate surface area is 242 Å². The number of ether oxygens (including phenoxy) is 2. The molecule has 0 spiro atoms. The Bertz CT molecular complexity index is 1600. The Kier molecular flexibility index (Phi) is 8.64. The van der Waals surface area contributed by atoms with Crippen molar-refractivity contribution in [2.45, 2.75) is 19.8 Å². The summed E-state index contributed by atoms with van der Waals surface area (Å²) >= 11 is 6.13. The molecular weight excluding hydrogens is 544 g/mol. The van der Waals surface area contributed by atoms with E-state index in [1.807, 2.05) is 18.2 Å². The molecule has 4 aromatic rings. The molecule has 0 aliphatic carbocycles. The van der Waals surface area contributed by atoms with Gasteiger partial charge in [-0.15, -0.1) is 0 Å². The van der Waals surface area contributed by atoms with E-state index in [4.69, 9.17) is 21.1 Å².